The smallest absolute Gasteiger partial charge is 0.264 e. The summed E-state index contributed by atoms with van der Waals surface area (Å²) in [4.78, 5) is 29.9. The molecule has 0 radical (unpaired) electrons. The molecule has 0 aliphatic heterocycles. The number of halogens is 2. The van der Waals surface area contributed by atoms with Crippen LogP contribution in [0.25, 0.3) is 0 Å². The van der Waals surface area contributed by atoms with Crippen LogP contribution in [0.2, 0.25) is 5.02 Å². The highest BCUT2D eigenvalue weighted by molar-refractivity contribution is 9.10. The number of anilines is 1. The Hall–Kier alpha value is -3.66. The molecule has 0 heterocycles. The molecule has 4 aromatic carbocycles. The van der Waals surface area contributed by atoms with Crippen molar-refractivity contribution in [2.75, 3.05) is 17.4 Å². The van der Waals surface area contributed by atoms with Crippen LogP contribution < -0.4 is 9.62 Å². The Bertz CT molecular complexity index is 1750. The number of hydrogen-bond acceptors (Lipinski definition) is 4. The molecule has 0 aromatic heterocycles. The van der Waals surface area contributed by atoms with Crippen molar-refractivity contribution in [3.05, 3.63) is 129 Å². The Labute approximate surface area is 285 Å². The maximum Gasteiger partial charge on any atom is 0.264 e. The van der Waals surface area contributed by atoms with E-state index in [0.717, 1.165) is 43.9 Å². The molecule has 0 saturated heterocycles. The summed E-state index contributed by atoms with van der Waals surface area (Å²) in [5.74, 6) is -0.804. The van der Waals surface area contributed by atoms with Crippen LogP contribution in [-0.4, -0.2) is 44.3 Å². The molecule has 4 aromatic rings. The SMILES string of the molecule is CCCCNC(=O)C(Cc1ccccc1)N(Cc1cccc(Br)c1)C(=O)CN(c1ccc(C)c(C)c1)S(=O)(=O)c1ccc(Cl)cc1. The summed E-state index contributed by atoms with van der Waals surface area (Å²) in [6.07, 6.45) is 1.95. The van der Waals surface area contributed by atoms with Crippen molar-refractivity contribution < 1.29 is 18.0 Å². The summed E-state index contributed by atoms with van der Waals surface area (Å²) >= 11 is 9.59. The minimum Gasteiger partial charge on any atom is -0.354 e. The second-order valence-corrected chi connectivity index (χ2v) is 14.5. The average Bonchev–Trinajstić information content (AvgIpc) is 3.03. The third-order valence-electron chi connectivity index (χ3n) is 7.80. The monoisotopic (exact) mass is 723 g/mol. The molecule has 0 aliphatic carbocycles. The van der Waals surface area contributed by atoms with Gasteiger partial charge in [0, 0.05) is 29.0 Å². The van der Waals surface area contributed by atoms with Crippen LogP contribution in [0, 0.1) is 13.8 Å². The lowest BCUT2D eigenvalue weighted by molar-refractivity contribution is -0.140. The van der Waals surface area contributed by atoms with E-state index in [0.29, 0.717) is 17.3 Å². The molecule has 46 heavy (non-hydrogen) atoms. The maximum atomic E-state index is 14.6. The highest BCUT2D eigenvalue weighted by atomic mass is 79.9. The molecule has 7 nitrogen and oxygen atoms in total. The van der Waals surface area contributed by atoms with Crippen LogP contribution in [0.3, 0.4) is 0 Å². The topological polar surface area (TPSA) is 86.8 Å². The second kappa shape index (κ2) is 16.3. The molecular weight excluding hydrogens is 686 g/mol. The normalized spacial score (nSPS) is 11.9. The fraction of sp³-hybridized carbons (Fsp3) is 0.278. The molecule has 0 fully saturated rings. The summed E-state index contributed by atoms with van der Waals surface area (Å²) < 4.78 is 30.3. The minimum absolute atomic E-state index is 0.000359. The molecule has 1 unspecified atom stereocenters. The van der Waals surface area contributed by atoms with Gasteiger partial charge in [0.2, 0.25) is 11.8 Å². The van der Waals surface area contributed by atoms with Gasteiger partial charge in [0.1, 0.15) is 12.6 Å². The first-order chi connectivity index (χ1) is 22.0. The van der Waals surface area contributed by atoms with Gasteiger partial charge in [-0.25, -0.2) is 8.42 Å². The predicted molar refractivity (Wildman–Crippen MR) is 188 cm³/mol. The zero-order valence-corrected chi connectivity index (χ0v) is 29.4. The van der Waals surface area contributed by atoms with Crippen LogP contribution in [0.4, 0.5) is 5.69 Å². The quantitative estimate of drug-likeness (QED) is 0.137. The van der Waals surface area contributed by atoms with E-state index in [1.165, 1.54) is 29.2 Å². The van der Waals surface area contributed by atoms with Gasteiger partial charge in [-0.3, -0.25) is 13.9 Å². The lowest BCUT2D eigenvalue weighted by atomic mass is 10.0. The van der Waals surface area contributed by atoms with Crippen molar-refractivity contribution in [2.24, 2.45) is 0 Å². The molecule has 1 N–H and O–H groups in total. The Morgan fingerprint density at radius 3 is 2.22 bits per heavy atom. The Morgan fingerprint density at radius 2 is 1.57 bits per heavy atom. The number of rotatable bonds is 14. The van der Waals surface area contributed by atoms with Gasteiger partial charge in [0.25, 0.3) is 10.0 Å². The molecule has 1 atom stereocenters. The van der Waals surface area contributed by atoms with Gasteiger partial charge < -0.3 is 10.2 Å². The molecular formula is C36H39BrClN3O4S. The minimum atomic E-state index is -4.21. The van der Waals surface area contributed by atoms with E-state index in [-0.39, 0.29) is 23.8 Å². The van der Waals surface area contributed by atoms with E-state index < -0.39 is 28.5 Å². The molecule has 0 saturated carbocycles. The number of carbonyl (C=O) groups excluding carboxylic acids is 2. The van der Waals surface area contributed by atoms with Crippen LogP contribution in [0.5, 0.6) is 0 Å². The van der Waals surface area contributed by atoms with Gasteiger partial charge in [-0.15, -0.1) is 0 Å². The number of benzene rings is 4. The number of unbranched alkanes of at least 4 members (excludes halogenated alkanes) is 1. The predicted octanol–water partition coefficient (Wildman–Crippen LogP) is 7.47. The first kappa shape index (κ1) is 35.2. The zero-order valence-electron chi connectivity index (χ0n) is 26.2. The lowest BCUT2D eigenvalue weighted by Gasteiger charge is -2.34. The van der Waals surface area contributed by atoms with Gasteiger partial charge in [-0.1, -0.05) is 89.4 Å². The standard InChI is InChI=1S/C36H39BrClN3O4S/c1-4-5-20-39-36(43)34(23-28-10-7-6-8-11-28)40(24-29-12-9-13-30(37)22-29)35(42)25-41(32-17-14-26(2)27(3)21-32)46(44,45)33-18-15-31(38)16-19-33/h6-19,21-22,34H,4-5,20,23-25H2,1-3H3,(H,39,43). The number of amides is 2. The van der Waals surface area contributed by atoms with Gasteiger partial charge in [0.15, 0.2) is 0 Å². The van der Waals surface area contributed by atoms with E-state index in [1.54, 1.807) is 12.1 Å². The summed E-state index contributed by atoms with van der Waals surface area (Å²) in [6.45, 7) is 5.92. The summed E-state index contributed by atoms with van der Waals surface area (Å²) in [7, 11) is -4.21. The van der Waals surface area contributed by atoms with Crippen molar-refractivity contribution in [2.45, 2.75) is 57.5 Å². The molecule has 4 rings (SSSR count). The number of carbonyl (C=O) groups is 2. The largest absolute Gasteiger partial charge is 0.354 e. The summed E-state index contributed by atoms with van der Waals surface area (Å²) in [5, 5.41) is 3.40. The fourth-order valence-electron chi connectivity index (χ4n) is 5.04. The Morgan fingerprint density at radius 1 is 0.870 bits per heavy atom. The number of nitrogens with one attached hydrogen (secondary N) is 1. The maximum absolute atomic E-state index is 14.6. The number of sulfonamides is 1. The van der Waals surface area contributed by atoms with Gasteiger partial charge in [-0.2, -0.15) is 0 Å². The van der Waals surface area contributed by atoms with Gasteiger partial charge >= 0.3 is 0 Å². The fourth-order valence-corrected chi connectivity index (χ4v) is 7.01. The van der Waals surface area contributed by atoms with Crippen molar-refractivity contribution in [3.63, 3.8) is 0 Å². The van der Waals surface area contributed by atoms with Crippen molar-refractivity contribution in [1.29, 1.82) is 0 Å². The third-order valence-corrected chi connectivity index (χ3v) is 10.3. The van der Waals surface area contributed by atoms with Crippen LogP contribution in [0.1, 0.15) is 42.0 Å². The molecule has 0 aliphatic rings. The van der Waals surface area contributed by atoms with Crippen molar-refractivity contribution in [3.8, 4) is 0 Å². The summed E-state index contributed by atoms with van der Waals surface area (Å²) in [6, 6.07) is 27.3. The van der Waals surface area contributed by atoms with Gasteiger partial charge in [-0.05, 0) is 91.1 Å². The van der Waals surface area contributed by atoms with Crippen molar-refractivity contribution in [1.82, 2.24) is 10.2 Å². The van der Waals surface area contributed by atoms with Crippen LogP contribution in [0.15, 0.2) is 106 Å². The lowest BCUT2D eigenvalue weighted by Crippen LogP contribution is -2.53. The van der Waals surface area contributed by atoms with E-state index in [2.05, 4.69) is 21.2 Å². The first-order valence-electron chi connectivity index (χ1n) is 15.2. The molecule has 242 valence electrons. The first-order valence-corrected chi connectivity index (χ1v) is 17.8. The third kappa shape index (κ3) is 9.21. The van der Waals surface area contributed by atoms with E-state index in [9.17, 15) is 18.0 Å². The van der Waals surface area contributed by atoms with Crippen molar-refractivity contribution >= 4 is 55.1 Å². The number of aryl methyl sites for hydroxylation is 2. The average molecular weight is 725 g/mol. The zero-order chi connectivity index (χ0) is 33.3. The Kier molecular flexibility index (Phi) is 12.4. The number of nitrogens with zero attached hydrogens (tertiary/aromatic N) is 2. The van der Waals surface area contributed by atoms with Gasteiger partial charge in [0.05, 0.1) is 10.6 Å². The molecule has 0 spiro atoms. The highest BCUT2D eigenvalue weighted by Gasteiger charge is 2.34. The Balaban J connectivity index is 1.81. The van der Waals surface area contributed by atoms with Crippen LogP contribution >= 0.6 is 27.5 Å². The highest BCUT2D eigenvalue weighted by Crippen LogP contribution is 2.28. The van der Waals surface area contributed by atoms with Crippen LogP contribution in [-0.2, 0) is 32.6 Å². The van der Waals surface area contributed by atoms with E-state index in [1.807, 2.05) is 81.4 Å². The molecule has 10 heteroatoms. The molecule has 2 amide bonds. The second-order valence-electron chi connectivity index (χ2n) is 11.2. The summed E-state index contributed by atoms with van der Waals surface area (Å²) in [5.41, 5.74) is 3.89. The van der Waals surface area contributed by atoms with E-state index >= 15 is 0 Å². The molecule has 0 bridgehead atoms. The van der Waals surface area contributed by atoms with E-state index in [4.69, 9.17) is 11.6 Å². The number of hydrogen-bond donors (Lipinski definition) is 1.